The minimum atomic E-state index is -0.203. The van der Waals surface area contributed by atoms with Crippen LogP contribution < -0.4 is 10.1 Å². The van der Waals surface area contributed by atoms with Gasteiger partial charge in [-0.15, -0.1) is 0 Å². The zero-order valence-corrected chi connectivity index (χ0v) is 11.7. The topological polar surface area (TPSA) is 21.3 Å². The van der Waals surface area contributed by atoms with Gasteiger partial charge in [0, 0.05) is 17.7 Å². The molecule has 0 saturated carbocycles. The third-order valence-electron chi connectivity index (χ3n) is 3.45. The van der Waals surface area contributed by atoms with Gasteiger partial charge in [0.05, 0.1) is 0 Å². The summed E-state index contributed by atoms with van der Waals surface area (Å²) in [5, 5.41) is 3.21. The molecule has 0 aliphatic heterocycles. The Bertz CT molecular complexity index is 444. The van der Waals surface area contributed by atoms with Crippen LogP contribution in [0.5, 0.6) is 5.75 Å². The fourth-order valence-electron chi connectivity index (χ4n) is 2.40. The van der Waals surface area contributed by atoms with Gasteiger partial charge in [-0.05, 0) is 44.9 Å². The molecule has 2 nitrogen and oxygen atoms in total. The largest absolute Gasteiger partial charge is 0.486 e. The summed E-state index contributed by atoms with van der Waals surface area (Å²) in [6.07, 6.45) is 7.55. The summed E-state index contributed by atoms with van der Waals surface area (Å²) in [4.78, 5) is 0. The van der Waals surface area contributed by atoms with E-state index in [1.807, 2.05) is 26.0 Å². The third kappa shape index (κ3) is 3.80. The van der Waals surface area contributed by atoms with Gasteiger partial charge in [0.15, 0.2) is 0 Å². The summed E-state index contributed by atoms with van der Waals surface area (Å²) in [6, 6.07) is 5.18. The van der Waals surface area contributed by atoms with E-state index in [9.17, 15) is 4.39 Å². The highest BCUT2D eigenvalue weighted by molar-refractivity contribution is 5.31. The average molecular weight is 263 g/mol. The molecule has 1 aromatic rings. The molecular formula is C16H22FNO. The molecule has 0 fully saturated rings. The maximum atomic E-state index is 14.0. The Kier molecular flexibility index (Phi) is 4.97. The maximum Gasteiger partial charge on any atom is 0.131 e. The Morgan fingerprint density at radius 2 is 2.32 bits per heavy atom. The Labute approximate surface area is 114 Å². The van der Waals surface area contributed by atoms with Gasteiger partial charge in [0.2, 0.25) is 0 Å². The molecule has 2 unspecified atom stereocenters. The molecule has 1 aliphatic carbocycles. The molecule has 0 heterocycles. The van der Waals surface area contributed by atoms with Crippen LogP contribution in [0.15, 0.2) is 30.4 Å². The van der Waals surface area contributed by atoms with Crippen LogP contribution in [0.2, 0.25) is 0 Å². The lowest BCUT2D eigenvalue weighted by atomic mass is 10.0. The van der Waals surface area contributed by atoms with Crippen LogP contribution >= 0.6 is 0 Å². The van der Waals surface area contributed by atoms with E-state index in [1.54, 1.807) is 0 Å². The molecule has 0 bridgehead atoms. The second-order valence-electron chi connectivity index (χ2n) is 4.98. The van der Waals surface area contributed by atoms with Crippen molar-refractivity contribution < 1.29 is 9.13 Å². The summed E-state index contributed by atoms with van der Waals surface area (Å²) < 4.78 is 19.8. The van der Waals surface area contributed by atoms with Crippen molar-refractivity contribution in [2.24, 2.45) is 0 Å². The standard InChI is InChI=1S/C16H22FNO/c1-3-18-12(2)15-10-9-14(11-16(15)17)19-13-7-5-4-6-8-13/h5,7,9-13,18H,3-4,6,8H2,1-2H3. The van der Waals surface area contributed by atoms with Gasteiger partial charge >= 0.3 is 0 Å². The number of nitrogens with one attached hydrogen (secondary N) is 1. The molecule has 0 saturated heterocycles. The highest BCUT2D eigenvalue weighted by Gasteiger charge is 2.13. The Balaban J connectivity index is 2.05. The number of halogens is 1. The third-order valence-corrected chi connectivity index (χ3v) is 3.45. The van der Waals surface area contributed by atoms with Gasteiger partial charge in [-0.25, -0.2) is 4.39 Å². The number of allylic oxidation sites excluding steroid dienone is 1. The summed E-state index contributed by atoms with van der Waals surface area (Å²) in [7, 11) is 0. The van der Waals surface area contributed by atoms with E-state index in [4.69, 9.17) is 4.74 Å². The summed E-state index contributed by atoms with van der Waals surface area (Å²) in [5.74, 6) is 0.409. The Hall–Kier alpha value is -1.35. The lowest BCUT2D eigenvalue weighted by Gasteiger charge is -2.19. The molecular weight excluding hydrogens is 241 g/mol. The van der Waals surface area contributed by atoms with Crippen molar-refractivity contribution in [3.8, 4) is 5.75 Å². The second-order valence-corrected chi connectivity index (χ2v) is 4.98. The predicted octanol–water partition coefficient (Wildman–Crippen LogP) is 3.98. The molecule has 0 amide bonds. The van der Waals surface area contributed by atoms with Crippen molar-refractivity contribution >= 4 is 0 Å². The molecule has 0 radical (unpaired) electrons. The van der Waals surface area contributed by atoms with Crippen molar-refractivity contribution in [3.05, 3.63) is 41.7 Å². The first-order valence-electron chi connectivity index (χ1n) is 7.07. The molecule has 104 valence electrons. The highest BCUT2D eigenvalue weighted by atomic mass is 19.1. The monoisotopic (exact) mass is 263 g/mol. The van der Waals surface area contributed by atoms with E-state index in [-0.39, 0.29) is 18.0 Å². The molecule has 3 heteroatoms. The number of rotatable bonds is 5. The highest BCUT2D eigenvalue weighted by Crippen LogP contribution is 2.24. The number of hydrogen-bond acceptors (Lipinski definition) is 2. The summed E-state index contributed by atoms with van der Waals surface area (Å²) in [5.41, 5.74) is 0.688. The average Bonchev–Trinajstić information content (AvgIpc) is 2.40. The maximum absolute atomic E-state index is 14.0. The van der Waals surface area contributed by atoms with Crippen LogP contribution in [0.3, 0.4) is 0 Å². The van der Waals surface area contributed by atoms with E-state index >= 15 is 0 Å². The molecule has 0 aromatic heterocycles. The minimum Gasteiger partial charge on any atom is -0.486 e. The van der Waals surface area contributed by atoms with Crippen LogP contribution in [0.4, 0.5) is 4.39 Å². The SMILES string of the molecule is CCNC(C)c1ccc(OC2C=CCCC2)cc1F. The fraction of sp³-hybridized carbons (Fsp3) is 0.500. The van der Waals surface area contributed by atoms with Crippen LogP contribution in [-0.2, 0) is 0 Å². The zero-order chi connectivity index (χ0) is 13.7. The van der Waals surface area contributed by atoms with Gasteiger partial charge < -0.3 is 10.1 Å². The van der Waals surface area contributed by atoms with Gasteiger partial charge in [-0.1, -0.05) is 19.1 Å². The van der Waals surface area contributed by atoms with Crippen molar-refractivity contribution in [1.82, 2.24) is 5.32 Å². The smallest absolute Gasteiger partial charge is 0.131 e. The van der Waals surface area contributed by atoms with E-state index < -0.39 is 0 Å². The van der Waals surface area contributed by atoms with Crippen molar-refractivity contribution in [2.75, 3.05) is 6.54 Å². The van der Waals surface area contributed by atoms with Crippen molar-refractivity contribution in [2.45, 2.75) is 45.3 Å². The second kappa shape index (κ2) is 6.71. The van der Waals surface area contributed by atoms with Crippen molar-refractivity contribution in [1.29, 1.82) is 0 Å². The quantitative estimate of drug-likeness (QED) is 0.811. The summed E-state index contributed by atoms with van der Waals surface area (Å²) >= 11 is 0. The molecule has 2 rings (SSSR count). The summed E-state index contributed by atoms with van der Waals surface area (Å²) in [6.45, 7) is 4.80. The van der Waals surface area contributed by atoms with Gasteiger partial charge in [-0.3, -0.25) is 0 Å². The van der Waals surface area contributed by atoms with Crippen LogP contribution in [0, 0.1) is 5.82 Å². The van der Waals surface area contributed by atoms with Gasteiger partial charge in [0.1, 0.15) is 17.7 Å². The first-order chi connectivity index (χ1) is 9.20. The van der Waals surface area contributed by atoms with Gasteiger partial charge in [0.25, 0.3) is 0 Å². The number of benzene rings is 1. The van der Waals surface area contributed by atoms with Crippen LogP contribution in [0.1, 0.15) is 44.7 Å². The Morgan fingerprint density at radius 1 is 1.47 bits per heavy atom. The molecule has 2 atom stereocenters. The molecule has 1 aliphatic rings. The fourth-order valence-corrected chi connectivity index (χ4v) is 2.40. The van der Waals surface area contributed by atoms with Crippen LogP contribution in [0.25, 0.3) is 0 Å². The first-order valence-corrected chi connectivity index (χ1v) is 7.07. The van der Waals surface area contributed by atoms with E-state index in [0.717, 1.165) is 25.8 Å². The lowest BCUT2D eigenvalue weighted by molar-refractivity contribution is 0.229. The predicted molar refractivity (Wildman–Crippen MR) is 75.9 cm³/mol. The normalized spacial score (nSPS) is 20.3. The van der Waals surface area contributed by atoms with E-state index in [2.05, 4.69) is 17.5 Å². The molecule has 0 spiro atoms. The minimum absolute atomic E-state index is 0.0219. The number of hydrogen-bond donors (Lipinski definition) is 1. The van der Waals surface area contributed by atoms with E-state index in [0.29, 0.717) is 11.3 Å². The van der Waals surface area contributed by atoms with E-state index in [1.165, 1.54) is 6.07 Å². The Morgan fingerprint density at radius 3 is 2.95 bits per heavy atom. The zero-order valence-electron chi connectivity index (χ0n) is 11.7. The molecule has 1 aromatic carbocycles. The molecule has 1 N–H and O–H groups in total. The van der Waals surface area contributed by atoms with Gasteiger partial charge in [-0.2, -0.15) is 0 Å². The van der Waals surface area contributed by atoms with Crippen LogP contribution in [-0.4, -0.2) is 12.6 Å². The number of ether oxygens (including phenoxy) is 1. The molecule has 19 heavy (non-hydrogen) atoms. The lowest BCUT2D eigenvalue weighted by Crippen LogP contribution is -2.19. The van der Waals surface area contributed by atoms with Crippen molar-refractivity contribution in [3.63, 3.8) is 0 Å². The first kappa shape index (κ1) is 14.1.